The Morgan fingerprint density at radius 3 is 1.79 bits per heavy atom. The van der Waals surface area contributed by atoms with Crippen molar-refractivity contribution < 1.29 is 50.5 Å². The number of carbonyl (C=O) groups excluding carboxylic acids is 2. The van der Waals surface area contributed by atoms with Crippen molar-refractivity contribution in [2.24, 2.45) is 5.92 Å². The fraction of sp³-hybridized carbons (Fsp3) is 0.475. The number of hydrogen-bond acceptors (Lipinski definition) is 11. The van der Waals surface area contributed by atoms with Gasteiger partial charge in [-0.2, -0.15) is 16.8 Å². The van der Waals surface area contributed by atoms with E-state index in [2.05, 4.69) is 69.9 Å². The first kappa shape index (κ1) is 62.2. The third-order valence-corrected chi connectivity index (χ3v) is 16.6. The number of hydrogen-bond donors (Lipinski definition) is 4. The van der Waals surface area contributed by atoms with Crippen LogP contribution in [0.3, 0.4) is 0 Å². The van der Waals surface area contributed by atoms with Crippen molar-refractivity contribution >= 4 is 55.6 Å². The van der Waals surface area contributed by atoms with Gasteiger partial charge in [0.2, 0.25) is 0 Å². The van der Waals surface area contributed by atoms with Crippen molar-refractivity contribution in [2.45, 2.75) is 161 Å². The van der Waals surface area contributed by atoms with E-state index in [-0.39, 0.29) is 59.4 Å². The number of nitrogens with zero attached hydrogens (tertiary/aromatic N) is 3. The van der Waals surface area contributed by atoms with Crippen molar-refractivity contribution in [1.82, 2.24) is 4.90 Å². The lowest BCUT2D eigenvalue weighted by Gasteiger charge is -2.33. The molecule has 0 bridgehead atoms. The Hall–Kier alpha value is -5.62. The van der Waals surface area contributed by atoms with Crippen LogP contribution in [0, 0.1) is 19.8 Å². The first-order valence-corrected chi connectivity index (χ1v) is 30.1. The Morgan fingerprint density at radius 2 is 1.22 bits per heavy atom. The second kappa shape index (κ2) is 26.8. The summed E-state index contributed by atoms with van der Waals surface area (Å²) in [4.78, 5) is 30.1. The predicted octanol–water partition coefficient (Wildman–Crippen LogP) is 11.1. The van der Waals surface area contributed by atoms with Gasteiger partial charge in [0.25, 0.3) is 32.1 Å². The van der Waals surface area contributed by atoms with Gasteiger partial charge in [-0.1, -0.05) is 147 Å². The summed E-state index contributed by atoms with van der Waals surface area (Å²) in [6.07, 6.45) is 14.1. The number of carbonyl (C=O) groups is 2. The molecule has 0 radical (unpaired) electrons. The molecule has 3 heterocycles. The molecule has 5 atom stereocenters. The van der Waals surface area contributed by atoms with Crippen molar-refractivity contribution in [3.8, 4) is 5.75 Å². The van der Waals surface area contributed by atoms with Gasteiger partial charge in [0.15, 0.2) is 0 Å². The molecule has 4 aromatic rings. The van der Waals surface area contributed by atoms with Crippen LogP contribution in [0.5, 0.6) is 5.75 Å². The molecule has 14 nitrogen and oxygen atoms in total. The highest BCUT2D eigenvalue weighted by molar-refractivity contribution is 7.86. The molecule has 0 saturated heterocycles. The second-order valence-electron chi connectivity index (χ2n) is 21.5. The Labute approximate surface area is 459 Å². The van der Waals surface area contributed by atoms with E-state index < -0.39 is 31.4 Å². The van der Waals surface area contributed by atoms with Crippen molar-refractivity contribution in [3.05, 3.63) is 142 Å². The largest absolute Gasteiger partial charge is 0.488 e. The molecule has 5 unspecified atom stereocenters. The highest BCUT2D eigenvalue weighted by Crippen LogP contribution is 2.48. The van der Waals surface area contributed by atoms with Gasteiger partial charge in [-0.05, 0) is 111 Å². The van der Waals surface area contributed by atoms with Crippen LogP contribution in [0.4, 0.5) is 11.4 Å². The van der Waals surface area contributed by atoms with Crippen LogP contribution in [-0.4, -0.2) is 103 Å². The topological polar surface area (TPSA) is 202 Å². The van der Waals surface area contributed by atoms with Crippen LogP contribution in [-0.2, 0) is 47.3 Å². The molecule has 3 aliphatic heterocycles. The molecule has 16 heteroatoms. The van der Waals surface area contributed by atoms with Gasteiger partial charge in [-0.3, -0.25) is 23.6 Å². The van der Waals surface area contributed by atoms with Gasteiger partial charge in [0, 0.05) is 59.6 Å². The van der Waals surface area contributed by atoms with E-state index in [1.807, 2.05) is 101 Å². The average Bonchev–Trinajstić information content (AvgIpc) is 3.89. The summed E-state index contributed by atoms with van der Waals surface area (Å²) in [5, 5.41) is 18.7. The third-order valence-electron chi connectivity index (χ3n) is 14.9. The van der Waals surface area contributed by atoms with E-state index >= 15 is 0 Å². The number of ether oxygens (including phenoxy) is 1. The normalized spacial score (nSPS) is 18.7. The minimum absolute atomic E-state index is 0.0942. The number of fused-ring (bicyclic) bond motifs is 2. The number of amides is 2. The Balaban J connectivity index is 0.000000690. The average molecular weight is 1100 g/mol. The monoisotopic (exact) mass is 1100 g/mol. The molecule has 7 rings (SSSR count). The van der Waals surface area contributed by atoms with Gasteiger partial charge >= 0.3 is 0 Å². The van der Waals surface area contributed by atoms with Crippen LogP contribution in [0.1, 0.15) is 140 Å². The quantitative estimate of drug-likeness (QED) is 0.0428. The van der Waals surface area contributed by atoms with E-state index in [9.17, 15) is 45.7 Å². The van der Waals surface area contributed by atoms with E-state index in [1.165, 1.54) is 34.7 Å². The minimum Gasteiger partial charge on any atom is -0.488 e. The molecule has 0 saturated carbocycles. The smallest absolute Gasteiger partial charge is 0.294 e. The summed E-state index contributed by atoms with van der Waals surface area (Å²) in [6.45, 7) is 24.2. The zero-order valence-electron chi connectivity index (χ0n) is 46.9. The molecule has 420 valence electrons. The molecular weight excluding hydrogens is 1010 g/mol. The maximum absolute atomic E-state index is 12.4. The molecule has 4 N–H and O–H groups in total. The molecule has 2 amide bonds. The fourth-order valence-corrected chi connectivity index (χ4v) is 11.3. The lowest BCUT2D eigenvalue weighted by atomic mass is 9.79. The maximum atomic E-state index is 12.4. The minimum atomic E-state index is -4.49. The van der Waals surface area contributed by atoms with Crippen LogP contribution >= 0.6 is 0 Å². The second-order valence-corrected chi connectivity index (χ2v) is 24.5. The predicted molar refractivity (Wildman–Crippen MR) is 310 cm³/mol. The zero-order chi connectivity index (χ0) is 57.0. The Bertz CT molecular complexity index is 2950. The van der Waals surface area contributed by atoms with Gasteiger partial charge in [-0.25, -0.2) is 0 Å². The third kappa shape index (κ3) is 16.2. The number of rotatable bonds is 22. The maximum Gasteiger partial charge on any atom is 0.294 e. The number of aliphatic hydroxyl groups is 2. The summed E-state index contributed by atoms with van der Waals surface area (Å²) in [6, 6.07) is 24.6. The van der Waals surface area contributed by atoms with E-state index in [4.69, 9.17) is 4.74 Å². The lowest BCUT2D eigenvalue weighted by Crippen LogP contribution is -2.41. The van der Waals surface area contributed by atoms with Gasteiger partial charge in [-0.15, -0.1) is 0 Å². The van der Waals surface area contributed by atoms with Crippen LogP contribution in [0.25, 0.3) is 12.2 Å². The van der Waals surface area contributed by atoms with Crippen molar-refractivity contribution in [3.63, 3.8) is 0 Å². The van der Waals surface area contributed by atoms with Crippen molar-refractivity contribution in [1.29, 1.82) is 0 Å². The molecule has 0 aromatic heterocycles. The number of imide groups is 1. The number of aliphatic hydroxyl groups excluding tert-OH is 2. The standard InChI is InChI=1S/C49H55N3O9S2.C10H22O2.C2H6/c1-33-9-12-36(13-10-33)32-61-43-20-14-35(15-21-44-49(5,6)40-31-38(63(58,59)60)17-19-42(40)51(44)27-8-28-62(55,56)57)30-37(43)16-22-45-48(3,4)39-29-34(2)11-18-41(39)50(45)25-7-26-52-46(53)23-24-47(52)54;1-4-8(3)6-10(12)7-9(11)5-2;1-2/h9-24,29-31,44-45H,7-8,25-28,32H2,1-6H3,(H,55,56,57)(H,58,59,60);8-12H,4-7H2,1-3H3;1-2H3/b21-15+,22-16+;;. The molecule has 4 aromatic carbocycles. The van der Waals surface area contributed by atoms with E-state index in [1.54, 1.807) is 6.07 Å². The number of aryl methyl sites for hydroxylation is 2. The molecule has 0 fully saturated rings. The lowest BCUT2D eigenvalue weighted by molar-refractivity contribution is -0.136. The van der Waals surface area contributed by atoms with Crippen LogP contribution in [0.15, 0.2) is 108 Å². The van der Waals surface area contributed by atoms with E-state index in [0.29, 0.717) is 55.5 Å². The van der Waals surface area contributed by atoms with Gasteiger partial charge in [0.1, 0.15) is 12.4 Å². The van der Waals surface area contributed by atoms with Crippen LogP contribution < -0.4 is 14.5 Å². The molecule has 0 spiro atoms. The molecule has 0 aliphatic carbocycles. The van der Waals surface area contributed by atoms with Crippen molar-refractivity contribution in [2.75, 3.05) is 35.2 Å². The Kier molecular flexibility index (Phi) is 21.7. The summed E-state index contributed by atoms with van der Waals surface area (Å²) >= 11 is 0. The molecule has 3 aliphatic rings. The molecule has 77 heavy (non-hydrogen) atoms. The van der Waals surface area contributed by atoms with Crippen LogP contribution in [0.2, 0.25) is 0 Å². The number of anilines is 2. The summed E-state index contributed by atoms with van der Waals surface area (Å²) in [5.74, 6) is 0.214. The zero-order valence-corrected chi connectivity index (χ0v) is 48.6. The summed E-state index contributed by atoms with van der Waals surface area (Å²) in [7, 11) is -8.70. The fourth-order valence-electron chi connectivity index (χ4n) is 10.3. The van der Waals surface area contributed by atoms with E-state index in [0.717, 1.165) is 52.8 Å². The summed E-state index contributed by atoms with van der Waals surface area (Å²) in [5.41, 5.74) is 7.73. The highest BCUT2D eigenvalue weighted by atomic mass is 32.2. The first-order valence-electron chi connectivity index (χ1n) is 27.0. The SMILES string of the molecule is CC.CCC(C)CC(O)CC(O)CC.Cc1ccc(COc2ccc(/C=C/C3N(CCCS(=O)(=O)O)c4ccc(S(=O)(=O)O)cc4C3(C)C)cc2/C=C/C2N(CCCN3C(=O)C=CC3=O)c3ccc(C)cc3C2(C)C)cc1. The summed E-state index contributed by atoms with van der Waals surface area (Å²) < 4.78 is 73.6. The Morgan fingerprint density at radius 1 is 0.662 bits per heavy atom. The van der Waals surface area contributed by atoms with Gasteiger partial charge in [0.05, 0.1) is 34.9 Å². The van der Waals surface area contributed by atoms with Gasteiger partial charge < -0.3 is 24.7 Å². The first-order chi connectivity index (χ1) is 36.2. The molecular formula is C61H83N3O11S2. The highest BCUT2D eigenvalue weighted by Gasteiger charge is 2.45. The number of benzene rings is 4.